The molecule has 0 aliphatic rings. The van der Waals surface area contributed by atoms with E-state index in [1.165, 1.54) is 22.3 Å². The molecule has 0 amide bonds. The van der Waals surface area contributed by atoms with Crippen LogP contribution >= 0.6 is 7.82 Å². The molecule has 0 radical (unpaired) electrons. The van der Waals surface area contributed by atoms with E-state index in [9.17, 15) is 4.57 Å². The molecule has 5 heteroatoms. The van der Waals surface area contributed by atoms with Gasteiger partial charge in [0.05, 0.1) is 6.61 Å². The average molecular weight is 376 g/mol. The Morgan fingerprint density at radius 1 is 0.808 bits per heavy atom. The number of benzene rings is 2. The quantitative estimate of drug-likeness (QED) is 0.425. The lowest BCUT2D eigenvalue weighted by atomic mass is 9.86. The van der Waals surface area contributed by atoms with Crippen molar-refractivity contribution < 1.29 is 18.9 Å². The second-order valence-corrected chi connectivity index (χ2v) is 8.14. The number of aryl methyl sites for hydroxylation is 2. The normalized spacial score (nSPS) is 11.9. The zero-order chi connectivity index (χ0) is 19.0. The Kier molecular flexibility index (Phi) is 8.05. The van der Waals surface area contributed by atoms with Gasteiger partial charge in [0.2, 0.25) is 0 Å². The highest BCUT2D eigenvalue weighted by atomic mass is 31.2. The third-order valence-electron chi connectivity index (χ3n) is 4.61. The van der Waals surface area contributed by atoms with Gasteiger partial charge in [-0.2, -0.15) is 0 Å². The summed E-state index contributed by atoms with van der Waals surface area (Å²) in [5, 5.41) is 0. The molecule has 2 aromatic rings. The van der Waals surface area contributed by atoms with Crippen LogP contribution in [-0.4, -0.2) is 16.4 Å². The van der Waals surface area contributed by atoms with Gasteiger partial charge in [-0.3, -0.25) is 4.52 Å². The largest absolute Gasteiger partial charge is 0.469 e. The van der Waals surface area contributed by atoms with E-state index in [1.54, 1.807) is 0 Å². The molecule has 0 unspecified atom stereocenters. The van der Waals surface area contributed by atoms with Crippen molar-refractivity contribution in [2.45, 2.75) is 51.9 Å². The van der Waals surface area contributed by atoms with Crippen LogP contribution in [0.4, 0.5) is 0 Å². The van der Waals surface area contributed by atoms with Crippen LogP contribution in [0.2, 0.25) is 0 Å². The van der Waals surface area contributed by atoms with Crippen LogP contribution in [0, 0.1) is 13.8 Å². The number of rotatable bonds is 10. The fraction of sp³-hybridized carbons (Fsp3) is 0.429. The minimum Gasteiger partial charge on any atom is -0.303 e. The number of hydrogen-bond donors (Lipinski definition) is 2. The number of unbranched alkanes of at least 4 members (excludes halogenated alkanes) is 3. The van der Waals surface area contributed by atoms with Crippen LogP contribution in [0.1, 0.15) is 60.3 Å². The van der Waals surface area contributed by atoms with E-state index in [0.29, 0.717) is 12.3 Å². The molecule has 4 nitrogen and oxygen atoms in total. The lowest BCUT2D eigenvalue weighted by molar-refractivity contribution is 0.193. The van der Waals surface area contributed by atoms with Crippen molar-refractivity contribution in [1.82, 2.24) is 0 Å². The monoisotopic (exact) mass is 376 g/mol. The van der Waals surface area contributed by atoms with Crippen molar-refractivity contribution in [3.8, 4) is 0 Å². The standard InChI is InChI=1S/C21H29O4P/c1-17-8-12-19(13-9-17)21(20-14-10-18(2)11-15-20)7-5-3-4-6-16-25-26(22,23)24/h8-15,21H,3-7,16H2,1-2H3,(H2,22,23,24). The first-order chi connectivity index (χ1) is 12.3. The molecule has 0 spiro atoms. The van der Waals surface area contributed by atoms with E-state index in [-0.39, 0.29) is 6.61 Å². The molecule has 26 heavy (non-hydrogen) atoms. The van der Waals surface area contributed by atoms with E-state index in [0.717, 1.165) is 25.7 Å². The van der Waals surface area contributed by atoms with Crippen LogP contribution < -0.4 is 0 Å². The van der Waals surface area contributed by atoms with Crippen LogP contribution in [-0.2, 0) is 9.09 Å². The van der Waals surface area contributed by atoms with E-state index < -0.39 is 7.82 Å². The second kappa shape index (κ2) is 10.0. The summed E-state index contributed by atoms with van der Waals surface area (Å²) >= 11 is 0. The Balaban J connectivity index is 1.90. The van der Waals surface area contributed by atoms with Gasteiger partial charge in [0.1, 0.15) is 0 Å². The summed E-state index contributed by atoms with van der Waals surface area (Å²) in [6, 6.07) is 17.5. The summed E-state index contributed by atoms with van der Waals surface area (Å²) in [5.74, 6) is 0.377. The zero-order valence-corrected chi connectivity index (χ0v) is 16.5. The lowest BCUT2D eigenvalue weighted by Gasteiger charge is -2.19. The third kappa shape index (κ3) is 7.43. The minimum absolute atomic E-state index is 0.115. The Bertz CT molecular complexity index is 658. The maximum Gasteiger partial charge on any atom is 0.469 e. The summed E-state index contributed by atoms with van der Waals surface area (Å²) in [5.41, 5.74) is 5.21. The molecular weight excluding hydrogens is 347 g/mol. The Morgan fingerprint density at radius 3 is 1.73 bits per heavy atom. The van der Waals surface area contributed by atoms with Crippen molar-refractivity contribution in [2.24, 2.45) is 0 Å². The fourth-order valence-corrected chi connectivity index (χ4v) is 3.48. The molecule has 0 aromatic heterocycles. The van der Waals surface area contributed by atoms with Crippen LogP contribution in [0.25, 0.3) is 0 Å². The first-order valence-corrected chi connectivity index (χ1v) is 10.7. The molecule has 2 aromatic carbocycles. The second-order valence-electron chi connectivity index (χ2n) is 6.90. The summed E-state index contributed by atoms with van der Waals surface area (Å²) in [4.78, 5) is 17.3. The highest BCUT2D eigenvalue weighted by Crippen LogP contribution is 2.36. The van der Waals surface area contributed by atoms with Gasteiger partial charge in [-0.15, -0.1) is 0 Å². The molecule has 0 bridgehead atoms. The summed E-state index contributed by atoms with van der Waals surface area (Å²) in [6.45, 7) is 4.32. The summed E-state index contributed by atoms with van der Waals surface area (Å²) in [6.07, 6.45) is 4.74. The van der Waals surface area contributed by atoms with Crippen molar-refractivity contribution in [3.05, 3.63) is 70.8 Å². The smallest absolute Gasteiger partial charge is 0.303 e. The third-order valence-corrected chi connectivity index (χ3v) is 5.12. The highest BCUT2D eigenvalue weighted by Gasteiger charge is 2.14. The maximum absolute atomic E-state index is 10.6. The first-order valence-electron chi connectivity index (χ1n) is 9.18. The predicted molar refractivity (Wildman–Crippen MR) is 105 cm³/mol. The van der Waals surface area contributed by atoms with Gasteiger partial charge in [-0.05, 0) is 37.8 Å². The van der Waals surface area contributed by atoms with Crippen molar-refractivity contribution in [2.75, 3.05) is 6.61 Å². The molecule has 0 saturated carbocycles. The Labute approximate surface area is 156 Å². The molecule has 0 fully saturated rings. The lowest BCUT2D eigenvalue weighted by Crippen LogP contribution is -2.02. The predicted octanol–water partition coefficient (Wildman–Crippen LogP) is 5.50. The molecule has 0 aliphatic heterocycles. The van der Waals surface area contributed by atoms with Crippen LogP contribution in [0.5, 0.6) is 0 Å². The number of phosphoric ester groups is 1. The average Bonchev–Trinajstić information content (AvgIpc) is 2.59. The van der Waals surface area contributed by atoms with E-state index in [2.05, 4.69) is 66.9 Å². The Hall–Kier alpha value is -1.45. The van der Waals surface area contributed by atoms with E-state index in [4.69, 9.17) is 9.79 Å². The summed E-state index contributed by atoms with van der Waals surface area (Å²) < 4.78 is 15.1. The minimum atomic E-state index is -4.33. The fourth-order valence-electron chi connectivity index (χ4n) is 3.11. The summed E-state index contributed by atoms with van der Waals surface area (Å²) in [7, 11) is -4.33. The molecule has 0 atom stereocenters. The maximum atomic E-state index is 10.6. The molecule has 0 aliphatic carbocycles. The Morgan fingerprint density at radius 2 is 1.27 bits per heavy atom. The zero-order valence-electron chi connectivity index (χ0n) is 15.6. The van der Waals surface area contributed by atoms with Crippen molar-refractivity contribution in [3.63, 3.8) is 0 Å². The number of phosphoric acid groups is 1. The molecule has 142 valence electrons. The van der Waals surface area contributed by atoms with E-state index >= 15 is 0 Å². The molecule has 0 saturated heterocycles. The SMILES string of the molecule is Cc1ccc(C(CCCCCCOP(=O)(O)O)c2ccc(C)cc2)cc1. The van der Waals surface area contributed by atoms with Gasteiger partial charge in [0.15, 0.2) is 0 Å². The van der Waals surface area contributed by atoms with Crippen LogP contribution in [0.15, 0.2) is 48.5 Å². The molecule has 2 N–H and O–H groups in total. The van der Waals surface area contributed by atoms with Gasteiger partial charge in [0.25, 0.3) is 0 Å². The van der Waals surface area contributed by atoms with Crippen molar-refractivity contribution in [1.29, 1.82) is 0 Å². The molecule has 2 rings (SSSR count). The van der Waals surface area contributed by atoms with Crippen molar-refractivity contribution >= 4 is 7.82 Å². The van der Waals surface area contributed by atoms with Gasteiger partial charge < -0.3 is 9.79 Å². The topological polar surface area (TPSA) is 66.8 Å². The van der Waals surface area contributed by atoms with E-state index in [1.807, 2.05) is 0 Å². The number of hydrogen-bond acceptors (Lipinski definition) is 2. The van der Waals surface area contributed by atoms with Gasteiger partial charge in [-0.25, -0.2) is 4.57 Å². The van der Waals surface area contributed by atoms with Crippen LogP contribution in [0.3, 0.4) is 0 Å². The first kappa shape index (κ1) is 20.9. The van der Waals surface area contributed by atoms with Gasteiger partial charge in [-0.1, -0.05) is 78.9 Å². The molecular formula is C21H29O4P. The molecule has 0 heterocycles. The van der Waals surface area contributed by atoms with Gasteiger partial charge in [0, 0.05) is 5.92 Å². The van der Waals surface area contributed by atoms with Gasteiger partial charge >= 0.3 is 7.82 Å². The highest BCUT2D eigenvalue weighted by molar-refractivity contribution is 7.46.